The summed E-state index contributed by atoms with van der Waals surface area (Å²) in [5.74, 6) is 0.392. The Bertz CT molecular complexity index is 717. The van der Waals surface area contributed by atoms with Crippen molar-refractivity contribution in [2.45, 2.75) is 40.2 Å². The van der Waals surface area contributed by atoms with E-state index >= 15 is 0 Å². The lowest BCUT2D eigenvalue weighted by Crippen LogP contribution is -2.33. The maximum atomic E-state index is 12.3. The van der Waals surface area contributed by atoms with Crippen LogP contribution in [0.5, 0.6) is 0 Å². The molecule has 0 saturated carbocycles. The van der Waals surface area contributed by atoms with Crippen molar-refractivity contribution in [3.63, 3.8) is 0 Å². The molecule has 0 unspecified atom stereocenters. The first-order valence-corrected chi connectivity index (χ1v) is 6.74. The molecule has 0 spiro atoms. The van der Waals surface area contributed by atoms with Gasteiger partial charge >= 0.3 is 0 Å². The Morgan fingerprint density at radius 2 is 2.14 bits per heavy atom. The van der Waals surface area contributed by atoms with E-state index in [9.17, 15) is 9.59 Å². The van der Waals surface area contributed by atoms with Gasteiger partial charge in [-0.2, -0.15) is 4.98 Å². The molecule has 2 N–H and O–H groups in total. The molecule has 1 amide bonds. The Morgan fingerprint density at radius 1 is 1.43 bits per heavy atom. The van der Waals surface area contributed by atoms with Crippen molar-refractivity contribution in [2.24, 2.45) is 0 Å². The van der Waals surface area contributed by atoms with Gasteiger partial charge in [0, 0.05) is 5.69 Å². The molecule has 21 heavy (non-hydrogen) atoms. The van der Waals surface area contributed by atoms with Gasteiger partial charge in [0.15, 0.2) is 5.82 Å². The summed E-state index contributed by atoms with van der Waals surface area (Å²) in [6, 6.07) is 1.34. The number of pyridine rings is 1. The van der Waals surface area contributed by atoms with Crippen molar-refractivity contribution in [3.8, 4) is 0 Å². The minimum Gasteiger partial charge on any atom is -0.340 e. The minimum atomic E-state index is -0.448. The van der Waals surface area contributed by atoms with E-state index in [1.807, 2.05) is 6.92 Å². The number of H-pyrrole nitrogens is 1. The zero-order valence-corrected chi connectivity index (χ0v) is 12.5. The number of nitrogens with zero attached hydrogens (tertiary/aromatic N) is 2. The first kappa shape index (κ1) is 15.0. The Morgan fingerprint density at radius 3 is 2.67 bits per heavy atom. The average Bonchev–Trinajstić information content (AvgIpc) is 2.81. The third-order valence-electron chi connectivity index (χ3n) is 3.15. The Kier molecular flexibility index (Phi) is 4.21. The van der Waals surface area contributed by atoms with Crippen molar-refractivity contribution in [2.75, 3.05) is 0 Å². The van der Waals surface area contributed by atoms with Crippen LogP contribution in [0.3, 0.4) is 0 Å². The van der Waals surface area contributed by atoms with Gasteiger partial charge in [-0.05, 0) is 38.8 Å². The molecule has 0 fully saturated rings. The van der Waals surface area contributed by atoms with Gasteiger partial charge in [-0.25, -0.2) is 0 Å². The van der Waals surface area contributed by atoms with Gasteiger partial charge < -0.3 is 14.8 Å². The Hall–Kier alpha value is -2.44. The second-order valence-electron chi connectivity index (χ2n) is 4.95. The molecule has 0 bridgehead atoms. The van der Waals surface area contributed by atoms with Crippen molar-refractivity contribution in [1.82, 2.24) is 20.4 Å². The average molecular weight is 290 g/mol. The van der Waals surface area contributed by atoms with Gasteiger partial charge in [0.25, 0.3) is 11.5 Å². The summed E-state index contributed by atoms with van der Waals surface area (Å²) in [4.78, 5) is 31.0. The van der Waals surface area contributed by atoms with Gasteiger partial charge in [0.05, 0.1) is 0 Å². The van der Waals surface area contributed by atoms with Crippen LogP contribution in [-0.4, -0.2) is 21.0 Å². The second-order valence-corrected chi connectivity index (χ2v) is 4.95. The zero-order valence-electron chi connectivity index (χ0n) is 12.5. The largest absolute Gasteiger partial charge is 0.340 e. The third-order valence-corrected chi connectivity index (χ3v) is 3.15. The number of hydrogen-bond acceptors (Lipinski definition) is 5. The smallest absolute Gasteiger partial charge is 0.261 e. The first-order valence-electron chi connectivity index (χ1n) is 6.74. The summed E-state index contributed by atoms with van der Waals surface area (Å²) in [7, 11) is 0. The topological polar surface area (TPSA) is 101 Å². The first-order chi connectivity index (χ1) is 9.92. The van der Waals surface area contributed by atoms with Crippen molar-refractivity contribution in [3.05, 3.63) is 45.0 Å². The zero-order chi connectivity index (χ0) is 15.6. The highest BCUT2D eigenvalue weighted by Gasteiger charge is 2.22. The maximum absolute atomic E-state index is 12.3. The van der Waals surface area contributed by atoms with Crippen molar-refractivity contribution in [1.29, 1.82) is 0 Å². The highest BCUT2D eigenvalue weighted by Crippen LogP contribution is 2.15. The number of carbonyl (C=O) groups excluding carboxylic acids is 1. The lowest BCUT2D eigenvalue weighted by Gasteiger charge is -2.13. The molecule has 0 saturated heterocycles. The normalized spacial score (nSPS) is 12.2. The molecule has 2 aromatic heterocycles. The molecule has 2 heterocycles. The van der Waals surface area contributed by atoms with E-state index in [0.717, 1.165) is 0 Å². The molecule has 7 nitrogen and oxygen atoms in total. The van der Waals surface area contributed by atoms with E-state index < -0.39 is 17.5 Å². The third kappa shape index (κ3) is 3.18. The van der Waals surface area contributed by atoms with Crippen LogP contribution in [0.25, 0.3) is 0 Å². The summed E-state index contributed by atoms with van der Waals surface area (Å²) >= 11 is 0. The summed E-state index contributed by atoms with van der Waals surface area (Å²) in [6.07, 6.45) is 0.580. The molecule has 2 aromatic rings. The highest BCUT2D eigenvalue weighted by molar-refractivity contribution is 5.95. The van der Waals surface area contributed by atoms with Gasteiger partial charge in [0.2, 0.25) is 5.89 Å². The fraction of sp³-hybridized carbons (Fsp3) is 0.429. The predicted octanol–water partition coefficient (Wildman–Crippen LogP) is 1.56. The summed E-state index contributed by atoms with van der Waals surface area (Å²) < 4.78 is 5.07. The van der Waals surface area contributed by atoms with E-state index in [1.54, 1.807) is 26.8 Å². The highest BCUT2D eigenvalue weighted by atomic mass is 16.5. The lowest BCUT2D eigenvalue weighted by molar-refractivity contribution is 0.0925. The number of carbonyl (C=O) groups is 1. The quantitative estimate of drug-likeness (QED) is 0.890. The number of aromatic amines is 1. The summed E-state index contributed by atoms with van der Waals surface area (Å²) in [5.41, 5.74) is 1.05. The fourth-order valence-electron chi connectivity index (χ4n) is 2.16. The summed E-state index contributed by atoms with van der Waals surface area (Å²) in [5, 5.41) is 6.47. The molecule has 0 radical (unpaired) electrons. The van der Waals surface area contributed by atoms with Crippen LogP contribution in [-0.2, 0) is 0 Å². The molecule has 0 aliphatic heterocycles. The van der Waals surface area contributed by atoms with Crippen molar-refractivity contribution >= 4 is 5.91 Å². The van der Waals surface area contributed by atoms with Crippen LogP contribution in [0.1, 0.15) is 52.7 Å². The van der Waals surface area contributed by atoms with Crippen LogP contribution in [0.4, 0.5) is 0 Å². The molecule has 2 rings (SSSR count). The van der Waals surface area contributed by atoms with E-state index in [4.69, 9.17) is 4.52 Å². The lowest BCUT2D eigenvalue weighted by atomic mass is 10.1. The van der Waals surface area contributed by atoms with E-state index in [0.29, 0.717) is 29.4 Å². The molecule has 0 aliphatic rings. The van der Waals surface area contributed by atoms with Crippen LogP contribution >= 0.6 is 0 Å². The summed E-state index contributed by atoms with van der Waals surface area (Å²) in [6.45, 7) is 7.09. The molecule has 1 atom stereocenters. The molecule has 0 aliphatic carbocycles. The molecular formula is C14H18N4O3. The van der Waals surface area contributed by atoms with Gasteiger partial charge in [-0.1, -0.05) is 12.1 Å². The maximum Gasteiger partial charge on any atom is 0.261 e. The van der Waals surface area contributed by atoms with Crippen LogP contribution in [0.15, 0.2) is 15.4 Å². The monoisotopic (exact) mass is 290 g/mol. The number of nitrogens with one attached hydrogen (secondary N) is 2. The van der Waals surface area contributed by atoms with E-state index in [1.165, 1.54) is 0 Å². The molecule has 0 aromatic carbocycles. The Labute approximate surface area is 121 Å². The predicted molar refractivity (Wildman–Crippen MR) is 76.1 cm³/mol. The van der Waals surface area contributed by atoms with Gasteiger partial charge in [0.1, 0.15) is 11.6 Å². The van der Waals surface area contributed by atoms with Crippen LogP contribution < -0.4 is 10.9 Å². The Balaban J connectivity index is 2.27. The molecule has 7 heteroatoms. The minimum absolute atomic E-state index is 0.107. The number of aryl methyl sites for hydroxylation is 3. The fourth-order valence-corrected chi connectivity index (χ4v) is 2.16. The SMILES string of the molecule is CC[C@@H](NC(=O)c1c(C)cc(C)[nH]c1=O)c1nc(C)no1. The van der Waals surface area contributed by atoms with E-state index in [2.05, 4.69) is 20.4 Å². The number of amides is 1. The standard InChI is InChI=1S/C14H18N4O3/c1-5-10(14-16-9(4)18-21-14)17-13(20)11-7(2)6-8(3)15-12(11)19/h6,10H,5H2,1-4H3,(H,15,19)(H,17,20)/t10-/m1/s1. The number of rotatable bonds is 4. The molecular weight excluding hydrogens is 272 g/mol. The molecule has 112 valence electrons. The van der Waals surface area contributed by atoms with Gasteiger partial charge in [-0.3, -0.25) is 9.59 Å². The second kappa shape index (κ2) is 5.90. The van der Waals surface area contributed by atoms with Crippen molar-refractivity contribution < 1.29 is 9.32 Å². The number of aromatic nitrogens is 3. The number of hydrogen-bond donors (Lipinski definition) is 2. The van der Waals surface area contributed by atoms with Crippen LogP contribution in [0, 0.1) is 20.8 Å². The van der Waals surface area contributed by atoms with Crippen LogP contribution in [0.2, 0.25) is 0 Å². The van der Waals surface area contributed by atoms with E-state index in [-0.39, 0.29) is 5.56 Å². The van der Waals surface area contributed by atoms with Gasteiger partial charge in [-0.15, -0.1) is 0 Å².